The number of benzene rings is 1. The number of aryl methyl sites for hydroxylation is 1. The minimum Gasteiger partial charge on any atom is -0.476 e. The van der Waals surface area contributed by atoms with E-state index in [2.05, 4.69) is 5.10 Å². The van der Waals surface area contributed by atoms with Gasteiger partial charge >= 0.3 is 5.97 Å². The summed E-state index contributed by atoms with van der Waals surface area (Å²) in [5.74, 6) is -1.04. The van der Waals surface area contributed by atoms with Crippen molar-refractivity contribution in [2.24, 2.45) is 7.05 Å². The Labute approximate surface area is 114 Å². The Balaban J connectivity index is 2.48. The minimum absolute atomic E-state index is 0.0255. The number of nitrogens with zero attached hydrogens (tertiary/aromatic N) is 2. The highest BCUT2D eigenvalue weighted by Crippen LogP contribution is 2.30. The average Bonchev–Trinajstić information content (AvgIpc) is 2.71. The van der Waals surface area contributed by atoms with Crippen LogP contribution in [0.5, 0.6) is 0 Å². The number of hydrogen-bond donors (Lipinski definition) is 1. The predicted octanol–water partition coefficient (Wildman–Crippen LogP) is 3.16. The van der Waals surface area contributed by atoms with E-state index in [1.54, 1.807) is 18.8 Å². The quantitative estimate of drug-likeness (QED) is 0.879. The SMILES string of the molecule is CSc1ccc(-c2cc(C(=O)O)nn2C)cc1Cl. The molecule has 0 aliphatic carbocycles. The Bertz CT molecular complexity index is 610. The van der Waals surface area contributed by atoms with E-state index in [4.69, 9.17) is 16.7 Å². The fraction of sp³-hybridized carbons (Fsp3) is 0.167. The van der Waals surface area contributed by atoms with Crippen LogP contribution in [-0.2, 0) is 7.05 Å². The molecule has 18 heavy (non-hydrogen) atoms. The number of aromatic nitrogens is 2. The van der Waals surface area contributed by atoms with E-state index < -0.39 is 5.97 Å². The number of carboxylic acid groups (broad SMARTS) is 1. The van der Waals surface area contributed by atoms with Crippen LogP contribution < -0.4 is 0 Å². The van der Waals surface area contributed by atoms with Crippen molar-refractivity contribution in [1.82, 2.24) is 9.78 Å². The molecule has 2 rings (SSSR count). The Kier molecular flexibility index (Phi) is 3.63. The van der Waals surface area contributed by atoms with Gasteiger partial charge in [0, 0.05) is 17.5 Å². The van der Waals surface area contributed by atoms with Crippen molar-refractivity contribution in [1.29, 1.82) is 0 Å². The lowest BCUT2D eigenvalue weighted by Gasteiger charge is -2.05. The van der Waals surface area contributed by atoms with Crippen molar-refractivity contribution in [2.75, 3.05) is 6.26 Å². The van der Waals surface area contributed by atoms with Gasteiger partial charge in [-0.1, -0.05) is 17.7 Å². The highest BCUT2D eigenvalue weighted by atomic mass is 35.5. The van der Waals surface area contributed by atoms with E-state index >= 15 is 0 Å². The van der Waals surface area contributed by atoms with Crippen molar-refractivity contribution >= 4 is 29.3 Å². The summed E-state index contributed by atoms with van der Waals surface area (Å²) in [5.41, 5.74) is 1.60. The fourth-order valence-electron chi connectivity index (χ4n) is 1.67. The van der Waals surface area contributed by atoms with Crippen LogP contribution >= 0.6 is 23.4 Å². The molecular formula is C12H11ClN2O2S. The van der Waals surface area contributed by atoms with Gasteiger partial charge in [-0.2, -0.15) is 5.10 Å². The molecule has 1 aromatic heterocycles. The molecule has 6 heteroatoms. The molecule has 0 saturated carbocycles. The standard InChI is InChI=1S/C12H11ClN2O2S/c1-15-10(6-9(14-15)12(16)17)7-3-4-11(18-2)8(13)5-7/h3-6H,1-2H3,(H,16,17). The summed E-state index contributed by atoms with van der Waals surface area (Å²) in [6.45, 7) is 0. The summed E-state index contributed by atoms with van der Waals surface area (Å²) >= 11 is 7.70. The van der Waals surface area contributed by atoms with Crippen LogP contribution in [0.3, 0.4) is 0 Å². The maximum atomic E-state index is 10.9. The molecule has 0 spiro atoms. The monoisotopic (exact) mass is 282 g/mol. The van der Waals surface area contributed by atoms with Crippen molar-refractivity contribution < 1.29 is 9.90 Å². The maximum Gasteiger partial charge on any atom is 0.356 e. The van der Waals surface area contributed by atoms with Crippen LogP contribution in [0.2, 0.25) is 5.02 Å². The minimum atomic E-state index is -1.04. The van der Waals surface area contributed by atoms with Crippen LogP contribution in [0, 0.1) is 0 Å². The lowest BCUT2D eigenvalue weighted by atomic mass is 10.1. The number of carboxylic acids is 1. The molecule has 94 valence electrons. The van der Waals surface area contributed by atoms with E-state index in [-0.39, 0.29) is 5.69 Å². The largest absolute Gasteiger partial charge is 0.476 e. The zero-order valence-electron chi connectivity index (χ0n) is 9.85. The van der Waals surface area contributed by atoms with Crippen LogP contribution in [0.15, 0.2) is 29.2 Å². The molecule has 0 fully saturated rings. The molecular weight excluding hydrogens is 272 g/mol. The van der Waals surface area contributed by atoms with Gasteiger partial charge in [0.1, 0.15) is 0 Å². The van der Waals surface area contributed by atoms with E-state index in [9.17, 15) is 4.79 Å². The van der Waals surface area contributed by atoms with Crippen LogP contribution in [-0.4, -0.2) is 27.1 Å². The van der Waals surface area contributed by atoms with Gasteiger partial charge in [0.05, 0.1) is 10.7 Å². The van der Waals surface area contributed by atoms with E-state index in [1.807, 2.05) is 24.5 Å². The van der Waals surface area contributed by atoms with Gasteiger partial charge in [-0.3, -0.25) is 4.68 Å². The summed E-state index contributed by atoms with van der Waals surface area (Å²) in [7, 11) is 1.71. The van der Waals surface area contributed by atoms with E-state index in [1.165, 1.54) is 10.7 Å². The fourth-order valence-corrected chi connectivity index (χ4v) is 2.54. The molecule has 0 aliphatic heterocycles. The Morgan fingerprint density at radius 1 is 1.44 bits per heavy atom. The van der Waals surface area contributed by atoms with Gasteiger partial charge in [-0.25, -0.2) is 4.79 Å². The van der Waals surface area contributed by atoms with Crippen molar-refractivity contribution in [3.05, 3.63) is 35.0 Å². The number of rotatable bonds is 3. The molecule has 2 aromatic rings. The molecule has 0 saturated heterocycles. The molecule has 0 atom stereocenters. The second-order valence-electron chi connectivity index (χ2n) is 3.69. The van der Waals surface area contributed by atoms with Gasteiger partial charge in [0.15, 0.2) is 5.69 Å². The summed E-state index contributed by atoms with van der Waals surface area (Å²) in [4.78, 5) is 11.8. The Hall–Kier alpha value is -1.46. The second kappa shape index (κ2) is 5.04. The van der Waals surface area contributed by atoms with Gasteiger partial charge < -0.3 is 5.11 Å². The number of halogens is 1. The Morgan fingerprint density at radius 3 is 2.67 bits per heavy atom. The summed E-state index contributed by atoms with van der Waals surface area (Å²) in [5, 5.41) is 13.5. The molecule has 0 aliphatic rings. The molecule has 0 radical (unpaired) electrons. The van der Waals surface area contributed by atoms with Gasteiger partial charge in [-0.15, -0.1) is 11.8 Å². The molecule has 0 unspecified atom stereocenters. The van der Waals surface area contributed by atoms with E-state index in [0.717, 1.165) is 16.2 Å². The normalized spacial score (nSPS) is 10.6. The second-order valence-corrected chi connectivity index (χ2v) is 4.95. The first kappa shape index (κ1) is 13.0. The summed E-state index contributed by atoms with van der Waals surface area (Å²) < 4.78 is 1.54. The lowest BCUT2D eigenvalue weighted by molar-refractivity contribution is 0.0689. The van der Waals surface area contributed by atoms with Crippen molar-refractivity contribution in [3.63, 3.8) is 0 Å². The van der Waals surface area contributed by atoms with Crippen molar-refractivity contribution in [2.45, 2.75) is 4.90 Å². The lowest BCUT2D eigenvalue weighted by Crippen LogP contribution is -1.99. The van der Waals surface area contributed by atoms with Gasteiger partial charge in [0.2, 0.25) is 0 Å². The number of thioether (sulfide) groups is 1. The smallest absolute Gasteiger partial charge is 0.356 e. The van der Waals surface area contributed by atoms with Crippen LogP contribution in [0.1, 0.15) is 10.5 Å². The maximum absolute atomic E-state index is 10.9. The first-order valence-corrected chi connectivity index (χ1v) is 6.74. The molecule has 1 N–H and O–H groups in total. The Morgan fingerprint density at radius 2 is 2.17 bits per heavy atom. The van der Waals surface area contributed by atoms with E-state index in [0.29, 0.717) is 5.02 Å². The summed E-state index contributed by atoms with van der Waals surface area (Å²) in [6.07, 6.45) is 1.95. The molecule has 1 heterocycles. The van der Waals surface area contributed by atoms with Crippen molar-refractivity contribution in [3.8, 4) is 11.3 Å². The first-order chi connectivity index (χ1) is 8.52. The predicted molar refractivity (Wildman–Crippen MR) is 72.4 cm³/mol. The average molecular weight is 283 g/mol. The molecule has 4 nitrogen and oxygen atoms in total. The topological polar surface area (TPSA) is 55.1 Å². The summed E-state index contributed by atoms with van der Waals surface area (Å²) in [6, 6.07) is 7.17. The van der Waals surface area contributed by atoms with Crippen LogP contribution in [0.25, 0.3) is 11.3 Å². The first-order valence-electron chi connectivity index (χ1n) is 5.14. The number of aromatic carboxylic acids is 1. The zero-order valence-corrected chi connectivity index (χ0v) is 11.4. The highest BCUT2D eigenvalue weighted by Gasteiger charge is 2.13. The van der Waals surface area contributed by atoms with Gasteiger partial charge in [-0.05, 0) is 24.5 Å². The number of carbonyl (C=O) groups is 1. The molecule has 0 amide bonds. The third-order valence-electron chi connectivity index (χ3n) is 2.55. The zero-order chi connectivity index (χ0) is 13.3. The highest BCUT2D eigenvalue weighted by molar-refractivity contribution is 7.98. The van der Waals surface area contributed by atoms with Crippen LogP contribution in [0.4, 0.5) is 0 Å². The molecule has 1 aromatic carbocycles. The third-order valence-corrected chi connectivity index (χ3v) is 3.77. The van der Waals surface area contributed by atoms with Gasteiger partial charge in [0.25, 0.3) is 0 Å². The molecule has 0 bridgehead atoms. The third kappa shape index (κ3) is 2.37. The number of hydrogen-bond acceptors (Lipinski definition) is 3.